The van der Waals surface area contributed by atoms with E-state index in [4.69, 9.17) is 0 Å². The summed E-state index contributed by atoms with van der Waals surface area (Å²) in [5, 5.41) is 12.1. The molecule has 36 heavy (non-hydrogen) atoms. The molecule has 1 aliphatic carbocycles. The lowest BCUT2D eigenvalue weighted by atomic mass is 9.73. The zero-order valence-corrected chi connectivity index (χ0v) is 22.3. The van der Waals surface area contributed by atoms with Gasteiger partial charge < -0.3 is 20.9 Å². The number of amides is 2. The highest BCUT2D eigenvalue weighted by Crippen LogP contribution is 2.35. The van der Waals surface area contributed by atoms with Crippen LogP contribution in [0, 0.1) is 17.8 Å². The van der Waals surface area contributed by atoms with E-state index >= 15 is 0 Å². The number of hydrogen-bond donors (Lipinski definition) is 3. The van der Waals surface area contributed by atoms with E-state index in [1.54, 1.807) is 0 Å². The Morgan fingerprint density at radius 1 is 1.06 bits per heavy atom. The fourth-order valence-corrected chi connectivity index (χ4v) is 6.13. The smallest absolute Gasteiger partial charge is 0.251 e. The molecular weight excluding hydrogens is 448 g/mol. The number of fused-ring (bicyclic) bond motifs is 1. The van der Waals surface area contributed by atoms with Crippen LogP contribution in [0.4, 0.5) is 0 Å². The molecule has 0 bridgehead atoms. The number of benzene rings is 2. The van der Waals surface area contributed by atoms with Crippen molar-refractivity contribution >= 4 is 22.6 Å². The molecule has 0 aromatic heterocycles. The van der Waals surface area contributed by atoms with Crippen molar-refractivity contribution in [3.8, 4) is 0 Å². The maximum atomic E-state index is 13.6. The highest BCUT2D eigenvalue weighted by atomic mass is 16.2. The summed E-state index contributed by atoms with van der Waals surface area (Å²) in [6, 6.07) is 13.8. The monoisotopic (exact) mass is 492 g/mol. The van der Waals surface area contributed by atoms with Crippen LogP contribution in [0.1, 0.15) is 62.7 Å². The third-order valence-corrected chi connectivity index (χ3v) is 8.45. The summed E-state index contributed by atoms with van der Waals surface area (Å²) in [5.41, 5.74) is 0.672. The lowest BCUT2D eigenvalue weighted by Crippen LogP contribution is -2.50. The number of nitrogens with one attached hydrogen (secondary N) is 3. The van der Waals surface area contributed by atoms with Gasteiger partial charge in [-0.05, 0) is 73.5 Å². The highest BCUT2D eigenvalue weighted by molar-refractivity contribution is 5.98. The summed E-state index contributed by atoms with van der Waals surface area (Å²) in [4.78, 5) is 28.7. The van der Waals surface area contributed by atoms with Crippen molar-refractivity contribution in [2.24, 2.45) is 17.8 Å². The lowest BCUT2D eigenvalue weighted by molar-refractivity contribution is -0.134. The van der Waals surface area contributed by atoms with Gasteiger partial charge in [0.05, 0.1) is 6.04 Å². The number of rotatable bonds is 9. The van der Waals surface area contributed by atoms with Gasteiger partial charge >= 0.3 is 0 Å². The van der Waals surface area contributed by atoms with E-state index in [1.165, 1.54) is 19.3 Å². The van der Waals surface area contributed by atoms with Crippen LogP contribution in [0.5, 0.6) is 0 Å². The summed E-state index contributed by atoms with van der Waals surface area (Å²) < 4.78 is 0. The number of carbonyl (C=O) groups is 2. The van der Waals surface area contributed by atoms with Gasteiger partial charge in [-0.3, -0.25) is 9.59 Å². The number of hydrogen-bond acceptors (Lipinski definition) is 4. The minimum Gasteiger partial charge on any atom is -0.350 e. The average molecular weight is 493 g/mol. The standard InChI is InChI=1S/C30H44N4O2/c1-21-8-6-9-22(2)27(21)20-34-17-15-26(33-28(30(34)36)12-7-16-31-3)19-32-29(35)25-14-13-23-10-4-5-11-24(23)18-25/h4-5,10-11,13-14,18,21-22,26-28,31,33H,6-9,12,15-17,19-20H2,1-3H3,(H,32,35). The van der Waals surface area contributed by atoms with Gasteiger partial charge in [0.1, 0.15) is 0 Å². The molecule has 1 saturated heterocycles. The van der Waals surface area contributed by atoms with E-state index in [9.17, 15) is 9.59 Å². The summed E-state index contributed by atoms with van der Waals surface area (Å²) in [5.74, 6) is 2.07. The Hall–Kier alpha value is -2.44. The van der Waals surface area contributed by atoms with E-state index < -0.39 is 0 Å². The fourth-order valence-electron chi connectivity index (χ4n) is 6.13. The first kappa shape index (κ1) is 26.6. The molecule has 4 atom stereocenters. The van der Waals surface area contributed by atoms with Gasteiger partial charge in [-0.25, -0.2) is 0 Å². The Labute approximate surface area is 216 Å². The largest absolute Gasteiger partial charge is 0.350 e. The van der Waals surface area contributed by atoms with Crippen molar-refractivity contribution in [1.29, 1.82) is 0 Å². The molecule has 0 spiro atoms. The van der Waals surface area contributed by atoms with Gasteiger partial charge in [0.15, 0.2) is 0 Å². The molecule has 2 aromatic carbocycles. The van der Waals surface area contributed by atoms with Gasteiger partial charge in [-0.2, -0.15) is 0 Å². The summed E-state index contributed by atoms with van der Waals surface area (Å²) >= 11 is 0. The second kappa shape index (κ2) is 12.7. The number of nitrogens with zero attached hydrogens (tertiary/aromatic N) is 1. The Morgan fingerprint density at radius 3 is 2.56 bits per heavy atom. The Bertz CT molecular complexity index is 1010. The minimum absolute atomic E-state index is 0.0634. The molecule has 2 fully saturated rings. The summed E-state index contributed by atoms with van der Waals surface area (Å²) in [7, 11) is 1.95. The predicted molar refractivity (Wildman–Crippen MR) is 147 cm³/mol. The summed E-state index contributed by atoms with van der Waals surface area (Å²) in [6.45, 7) is 7.74. The van der Waals surface area contributed by atoms with Gasteiger partial charge in [-0.1, -0.05) is 63.4 Å². The minimum atomic E-state index is -0.197. The Balaban J connectivity index is 1.40. The third-order valence-electron chi connectivity index (χ3n) is 8.45. The fraction of sp³-hybridized carbons (Fsp3) is 0.600. The van der Waals surface area contributed by atoms with Crippen molar-refractivity contribution in [2.75, 3.05) is 33.2 Å². The van der Waals surface area contributed by atoms with Crippen LogP contribution >= 0.6 is 0 Å². The molecule has 2 amide bonds. The molecular formula is C30H44N4O2. The van der Waals surface area contributed by atoms with Crippen molar-refractivity contribution in [3.05, 3.63) is 48.0 Å². The Kier molecular flexibility index (Phi) is 9.38. The van der Waals surface area contributed by atoms with E-state index in [-0.39, 0.29) is 23.9 Å². The molecule has 0 radical (unpaired) electrons. The zero-order chi connectivity index (χ0) is 25.5. The van der Waals surface area contributed by atoms with E-state index in [2.05, 4.69) is 40.8 Å². The Morgan fingerprint density at radius 2 is 1.81 bits per heavy atom. The van der Waals surface area contributed by atoms with Gasteiger partial charge in [0.25, 0.3) is 5.91 Å². The van der Waals surface area contributed by atoms with E-state index in [0.717, 1.165) is 49.7 Å². The topological polar surface area (TPSA) is 73.5 Å². The molecule has 4 rings (SSSR count). The predicted octanol–water partition coefficient (Wildman–Crippen LogP) is 4.20. The van der Waals surface area contributed by atoms with Crippen LogP contribution in [-0.2, 0) is 4.79 Å². The van der Waals surface area contributed by atoms with Crippen LogP contribution in [-0.4, -0.2) is 62.0 Å². The third kappa shape index (κ3) is 6.65. The maximum Gasteiger partial charge on any atom is 0.251 e. The second-order valence-electron chi connectivity index (χ2n) is 11.1. The molecule has 196 valence electrons. The van der Waals surface area contributed by atoms with Crippen LogP contribution in [0.2, 0.25) is 0 Å². The second-order valence-corrected chi connectivity index (χ2v) is 11.1. The normalized spacial score (nSPS) is 27.1. The van der Waals surface area contributed by atoms with Crippen LogP contribution in [0.15, 0.2) is 42.5 Å². The highest BCUT2D eigenvalue weighted by Gasteiger charge is 2.35. The van der Waals surface area contributed by atoms with Gasteiger partial charge in [-0.15, -0.1) is 0 Å². The molecule has 1 heterocycles. The lowest BCUT2D eigenvalue weighted by Gasteiger charge is -2.38. The van der Waals surface area contributed by atoms with E-state index in [1.807, 2.05) is 43.4 Å². The first-order valence-corrected chi connectivity index (χ1v) is 13.9. The zero-order valence-electron chi connectivity index (χ0n) is 22.3. The molecule has 2 aliphatic rings. The van der Waals surface area contributed by atoms with Gasteiger partial charge in [0, 0.05) is 31.2 Å². The molecule has 3 N–H and O–H groups in total. The number of carbonyl (C=O) groups excluding carboxylic acids is 2. The quantitative estimate of drug-likeness (QED) is 0.459. The van der Waals surface area contributed by atoms with Crippen LogP contribution < -0.4 is 16.0 Å². The van der Waals surface area contributed by atoms with Crippen molar-refractivity contribution < 1.29 is 9.59 Å². The molecule has 4 unspecified atom stereocenters. The van der Waals surface area contributed by atoms with Crippen molar-refractivity contribution in [3.63, 3.8) is 0 Å². The van der Waals surface area contributed by atoms with Crippen LogP contribution in [0.3, 0.4) is 0 Å². The molecule has 6 nitrogen and oxygen atoms in total. The SMILES string of the molecule is CNCCCC1NC(CNC(=O)c2ccc3ccccc3c2)CCN(CC2C(C)CCCC2C)C1=O. The molecule has 6 heteroatoms. The van der Waals surface area contributed by atoms with Gasteiger partial charge in [0.2, 0.25) is 5.91 Å². The molecule has 1 saturated carbocycles. The summed E-state index contributed by atoms with van der Waals surface area (Å²) in [6.07, 6.45) is 6.44. The van der Waals surface area contributed by atoms with Crippen LogP contribution in [0.25, 0.3) is 10.8 Å². The first-order valence-electron chi connectivity index (χ1n) is 13.9. The van der Waals surface area contributed by atoms with Crippen molar-refractivity contribution in [1.82, 2.24) is 20.9 Å². The van der Waals surface area contributed by atoms with Crippen molar-refractivity contribution in [2.45, 2.75) is 64.5 Å². The molecule has 1 aliphatic heterocycles. The first-order chi connectivity index (χ1) is 17.5. The maximum absolute atomic E-state index is 13.6. The average Bonchev–Trinajstić information content (AvgIpc) is 3.03. The van der Waals surface area contributed by atoms with E-state index in [0.29, 0.717) is 29.9 Å². The molecule has 2 aromatic rings.